The molecule has 0 amide bonds. The molecule has 2 atom stereocenters. The van der Waals surface area contributed by atoms with Crippen LogP contribution in [0.15, 0.2) is 30.3 Å². The molecule has 0 saturated carbocycles. The van der Waals surface area contributed by atoms with Gasteiger partial charge in [0.25, 0.3) is 0 Å². The Kier molecular flexibility index (Phi) is 4.26. The van der Waals surface area contributed by atoms with Gasteiger partial charge in [-0.3, -0.25) is 0 Å². The number of aromatic nitrogens is 1. The first-order chi connectivity index (χ1) is 11.0. The summed E-state index contributed by atoms with van der Waals surface area (Å²) < 4.78 is 45.3. The predicted octanol–water partition coefficient (Wildman–Crippen LogP) is 3.69. The normalized spacial score (nSPS) is 17.9. The van der Waals surface area contributed by atoms with Crippen LogP contribution in [0.2, 0.25) is 0 Å². The molecule has 2 heterocycles. The van der Waals surface area contributed by atoms with Crippen LogP contribution in [0.1, 0.15) is 30.0 Å². The van der Waals surface area contributed by atoms with Crippen molar-refractivity contribution in [1.29, 1.82) is 0 Å². The minimum Gasteiger partial charge on any atom is -0.490 e. The van der Waals surface area contributed by atoms with Crippen LogP contribution in [0, 0.1) is 5.82 Å². The average Bonchev–Trinajstić information content (AvgIpc) is 2.89. The monoisotopic (exact) mass is 322 g/mol. The van der Waals surface area contributed by atoms with Crippen LogP contribution in [-0.2, 0) is 0 Å². The van der Waals surface area contributed by atoms with E-state index in [1.807, 2.05) is 6.92 Å². The number of fused-ring (bicyclic) bond motifs is 1. The zero-order chi connectivity index (χ0) is 16.6. The van der Waals surface area contributed by atoms with Crippen LogP contribution >= 0.6 is 0 Å². The number of hydrogen-bond acceptors (Lipinski definition) is 3. The number of nitrogens with two attached hydrogens (primary N) is 1. The van der Waals surface area contributed by atoms with Crippen molar-refractivity contribution < 1.29 is 17.9 Å². The second-order valence-electron chi connectivity index (χ2n) is 5.71. The smallest absolute Gasteiger partial charge is 0.248 e. The Morgan fingerprint density at radius 2 is 2.00 bits per heavy atom. The summed E-state index contributed by atoms with van der Waals surface area (Å²) in [6, 6.07) is 7.40. The summed E-state index contributed by atoms with van der Waals surface area (Å²) in [6.07, 6.45) is -2.59. The van der Waals surface area contributed by atoms with Gasteiger partial charge in [0.1, 0.15) is 17.3 Å². The van der Waals surface area contributed by atoms with Gasteiger partial charge in [0.05, 0.1) is 18.2 Å². The topological polar surface area (TPSA) is 48.1 Å². The molecular weight excluding hydrogens is 305 g/mol. The molecule has 3 rings (SSSR count). The largest absolute Gasteiger partial charge is 0.490 e. The Bertz CT molecular complexity index is 704. The lowest BCUT2D eigenvalue weighted by Gasteiger charge is -2.17. The zero-order valence-corrected chi connectivity index (χ0v) is 12.6. The highest BCUT2D eigenvalue weighted by atomic mass is 19.3. The van der Waals surface area contributed by atoms with Gasteiger partial charge in [0.2, 0.25) is 6.43 Å². The van der Waals surface area contributed by atoms with E-state index in [1.165, 1.54) is 12.1 Å². The number of nitrogens with zero attached hydrogens (tertiary/aromatic N) is 1. The Labute approximate surface area is 132 Å². The molecule has 0 aliphatic carbocycles. The van der Waals surface area contributed by atoms with Gasteiger partial charge in [-0.25, -0.2) is 18.2 Å². The molecule has 1 aromatic heterocycles. The molecule has 122 valence electrons. The molecule has 2 aromatic rings. The van der Waals surface area contributed by atoms with E-state index in [4.69, 9.17) is 10.5 Å². The maximum atomic E-state index is 13.2. The molecule has 1 aromatic carbocycles. The first kappa shape index (κ1) is 15.8. The van der Waals surface area contributed by atoms with Gasteiger partial charge in [0.15, 0.2) is 0 Å². The fraction of sp³-hybridized carbons (Fsp3) is 0.353. The van der Waals surface area contributed by atoms with E-state index in [2.05, 4.69) is 4.98 Å². The summed E-state index contributed by atoms with van der Waals surface area (Å²) in [7, 11) is 0. The Balaban J connectivity index is 2.16. The lowest BCUT2D eigenvalue weighted by molar-refractivity contribution is 0.115. The number of pyridine rings is 1. The number of ether oxygens (including phenoxy) is 1. The molecule has 1 aliphatic heterocycles. The molecular formula is C17H17F3N2O. The van der Waals surface area contributed by atoms with Crippen molar-refractivity contribution in [3.63, 3.8) is 0 Å². The first-order valence-electron chi connectivity index (χ1n) is 7.43. The van der Waals surface area contributed by atoms with Gasteiger partial charge in [-0.05, 0) is 30.3 Å². The Morgan fingerprint density at radius 1 is 1.30 bits per heavy atom. The second kappa shape index (κ2) is 6.20. The van der Waals surface area contributed by atoms with Gasteiger partial charge in [-0.15, -0.1) is 0 Å². The van der Waals surface area contributed by atoms with E-state index in [0.29, 0.717) is 23.6 Å². The maximum Gasteiger partial charge on any atom is 0.248 e. The predicted molar refractivity (Wildman–Crippen MR) is 81.3 cm³/mol. The van der Waals surface area contributed by atoms with Gasteiger partial charge < -0.3 is 10.5 Å². The van der Waals surface area contributed by atoms with Crippen molar-refractivity contribution in [2.75, 3.05) is 13.2 Å². The zero-order valence-electron chi connectivity index (χ0n) is 12.6. The van der Waals surface area contributed by atoms with Crippen molar-refractivity contribution in [3.8, 4) is 17.0 Å². The van der Waals surface area contributed by atoms with Crippen LogP contribution in [0.3, 0.4) is 0 Å². The van der Waals surface area contributed by atoms with E-state index in [1.54, 1.807) is 18.2 Å². The van der Waals surface area contributed by atoms with Crippen LogP contribution in [0.5, 0.6) is 5.75 Å². The summed E-state index contributed by atoms with van der Waals surface area (Å²) in [6.45, 7) is 2.24. The molecule has 2 N–H and O–H groups in total. The first-order valence-corrected chi connectivity index (χ1v) is 7.43. The third kappa shape index (κ3) is 2.91. The SMILES string of the molecule is CC1COc2c1cc(C(CN)C(F)F)nc2-c1ccc(F)cc1. The molecule has 23 heavy (non-hydrogen) atoms. The maximum absolute atomic E-state index is 13.2. The standard InChI is InChI=1S/C17H17F3N2O/c1-9-8-23-16-12(9)6-14(13(7-21)17(19)20)22-15(16)10-2-4-11(18)5-3-10/h2-6,9,13,17H,7-8,21H2,1H3. The molecule has 0 radical (unpaired) electrons. The van der Waals surface area contributed by atoms with Crippen LogP contribution in [0.4, 0.5) is 13.2 Å². The minimum atomic E-state index is -2.59. The fourth-order valence-corrected chi connectivity index (χ4v) is 2.74. The van der Waals surface area contributed by atoms with Gasteiger partial charge in [0, 0.05) is 23.6 Å². The molecule has 0 fully saturated rings. The number of rotatable bonds is 4. The number of halogens is 3. The van der Waals surface area contributed by atoms with E-state index >= 15 is 0 Å². The Morgan fingerprint density at radius 3 is 2.61 bits per heavy atom. The molecule has 0 bridgehead atoms. The van der Waals surface area contributed by atoms with E-state index in [-0.39, 0.29) is 24.0 Å². The average molecular weight is 322 g/mol. The highest BCUT2D eigenvalue weighted by molar-refractivity contribution is 5.70. The Hall–Kier alpha value is -2.08. The second-order valence-corrected chi connectivity index (χ2v) is 5.71. The molecule has 6 heteroatoms. The third-order valence-electron chi connectivity index (χ3n) is 4.09. The fourth-order valence-electron chi connectivity index (χ4n) is 2.74. The van der Waals surface area contributed by atoms with Crippen molar-refractivity contribution in [1.82, 2.24) is 4.98 Å². The third-order valence-corrected chi connectivity index (χ3v) is 4.09. The van der Waals surface area contributed by atoms with Gasteiger partial charge in [-0.2, -0.15) is 0 Å². The summed E-state index contributed by atoms with van der Waals surface area (Å²) in [5.74, 6) is -0.838. The van der Waals surface area contributed by atoms with Crippen molar-refractivity contribution in [3.05, 3.63) is 47.4 Å². The number of alkyl halides is 2. The van der Waals surface area contributed by atoms with Crippen LogP contribution in [-0.4, -0.2) is 24.6 Å². The van der Waals surface area contributed by atoms with E-state index < -0.39 is 12.3 Å². The van der Waals surface area contributed by atoms with E-state index in [0.717, 1.165) is 5.56 Å². The quantitative estimate of drug-likeness (QED) is 0.934. The summed E-state index contributed by atoms with van der Waals surface area (Å²) >= 11 is 0. The number of benzene rings is 1. The van der Waals surface area contributed by atoms with Crippen LogP contribution in [0.25, 0.3) is 11.3 Å². The van der Waals surface area contributed by atoms with E-state index in [9.17, 15) is 13.2 Å². The summed E-state index contributed by atoms with van der Waals surface area (Å²) in [4.78, 5) is 4.36. The summed E-state index contributed by atoms with van der Waals surface area (Å²) in [5.41, 5.74) is 7.67. The summed E-state index contributed by atoms with van der Waals surface area (Å²) in [5, 5.41) is 0. The molecule has 0 saturated heterocycles. The van der Waals surface area contributed by atoms with Gasteiger partial charge in [-0.1, -0.05) is 6.92 Å². The minimum absolute atomic E-state index is 0.0852. The molecule has 2 unspecified atom stereocenters. The molecule has 0 spiro atoms. The lowest BCUT2D eigenvalue weighted by Crippen LogP contribution is -2.21. The van der Waals surface area contributed by atoms with Crippen molar-refractivity contribution >= 4 is 0 Å². The molecule has 1 aliphatic rings. The number of hydrogen-bond donors (Lipinski definition) is 1. The highest BCUT2D eigenvalue weighted by Crippen LogP contribution is 2.42. The van der Waals surface area contributed by atoms with Crippen molar-refractivity contribution in [2.24, 2.45) is 5.73 Å². The highest BCUT2D eigenvalue weighted by Gasteiger charge is 2.30. The van der Waals surface area contributed by atoms with Crippen LogP contribution < -0.4 is 10.5 Å². The lowest BCUT2D eigenvalue weighted by atomic mass is 9.96. The van der Waals surface area contributed by atoms with Crippen molar-refractivity contribution in [2.45, 2.75) is 25.2 Å². The molecule has 3 nitrogen and oxygen atoms in total. The van der Waals surface area contributed by atoms with Gasteiger partial charge >= 0.3 is 0 Å².